The van der Waals surface area contributed by atoms with E-state index in [1.807, 2.05) is 20.8 Å². The molecule has 0 spiro atoms. The van der Waals surface area contributed by atoms with E-state index in [0.717, 1.165) is 17.7 Å². The Kier molecular flexibility index (Phi) is 4.55. The molecule has 1 aromatic rings. The molecule has 4 nitrogen and oxygen atoms in total. The molecule has 0 bridgehead atoms. The fourth-order valence-electron chi connectivity index (χ4n) is 1.45. The van der Waals surface area contributed by atoms with Gasteiger partial charge in [0.25, 0.3) is 0 Å². The number of esters is 1. The molecule has 0 saturated carbocycles. The Hall–Kier alpha value is -2.12. The maximum absolute atomic E-state index is 13.2. The number of alkyl halides is 4. The number of ether oxygens (including phenoxy) is 1. The van der Waals surface area contributed by atoms with E-state index < -0.39 is 29.5 Å². The minimum absolute atomic E-state index is 0.255. The van der Waals surface area contributed by atoms with Crippen molar-refractivity contribution in [3.63, 3.8) is 0 Å². The predicted molar refractivity (Wildman–Crippen MR) is 65.7 cm³/mol. The minimum Gasteiger partial charge on any atom is -0.544 e. The molecule has 0 amide bonds. The Bertz CT molecular complexity index is 574. The van der Waals surface area contributed by atoms with Crippen LogP contribution in [0.3, 0.4) is 0 Å². The maximum atomic E-state index is 13.2. The van der Waals surface area contributed by atoms with Crippen LogP contribution in [0.15, 0.2) is 24.3 Å². The van der Waals surface area contributed by atoms with Crippen molar-refractivity contribution in [2.24, 2.45) is 0 Å². The first kappa shape index (κ1) is 17.9. The second-order valence-electron chi connectivity index (χ2n) is 5.60. The number of rotatable bonds is 4. The molecule has 22 heavy (non-hydrogen) atoms. The van der Waals surface area contributed by atoms with Crippen molar-refractivity contribution in [1.82, 2.24) is 0 Å². The lowest BCUT2D eigenvalue weighted by Crippen LogP contribution is -2.58. The van der Waals surface area contributed by atoms with E-state index in [1.165, 1.54) is 12.1 Å². The summed E-state index contributed by atoms with van der Waals surface area (Å²) in [5.74, 6) is -17.7. The minimum atomic E-state index is -5.67. The van der Waals surface area contributed by atoms with Gasteiger partial charge in [0.15, 0.2) is 0 Å². The highest BCUT2D eigenvalue weighted by molar-refractivity contribution is 5.89. The molecular weight excluding hydrogens is 308 g/mol. The fraction of sp³-hybridized carbons (Fsp3) is 0.429. The van der Waals surface area contributed by atoms with E-state index in [1.54, 1.807) is 0 Å². The van der Waals surface area contributed by atoms with Gasteiger partial charge in [-0.15, -0.1) is 0 Å². The Morgan fingerprint density at radius 1 is 0.955 bits per heavy atom. The number of hydrogen-bond acceptors (Lipinski definition) is 4. The Labute approximate surface area is 123 Å². The fourth-order valence-corrected chi connectivity index (χ4v) is 1.45. The number of benzene rings is 1. The number of carboxylic acids is 1. The van der Waals surface area contributed by atoms with Gasteiger partial charge in [0, 0.05) is 0 Å². The van der Waals surface area contributed by atoms with Crippen LogP contribution < -0.4 is 9.84 Å². The third kappa shape index (κ3) is 3.37. The van der Waals surface area contributed by atoms with E-state index in [2.05, 4.69) is 4.74 Å². The first-order valence-electron chi connectivity index (χ1n) is 6.10. The molecule has 0 aliphatic heterocycles. The third-order valence-corrected chi connectivity index (χ3v) is 2.84. The van der Waals surface area contributed by atoms with E-state index in [9.17, 15) is 32.3 Å². The molecule has 0 N–H and O–H groups in total. The molecule has 8 heteroatoms. The van der Waals surface area contributed by atoms with Crippen LogP contribution in [0.4, 0.5) is 17.6 Å². The van der Waals surface area contributed by atoms with Crippen molar-refractivity contribution in [3.05, 3.63) is 29.8 Å². The summed E-state index contributed by atoms with van der Waals surface area (Å²) in [5, 5.41) is 10.0. The number of aliphatic carboxylic acids is 1. The van der Waals surface area contributed by atoms with Gasteiger partial charge in [0.1, 0.15) is 11.7 Å². The number of carboxylic acid groups (broad SMARTS) is 1. The normalized spacial score (nSPS) is 12.9. The summed E-state index contributed by atoms with van der Waals surface area (Å²) in [5.41, 5.74) is 0.535. The van der Waals surface area contributed by atoms with Gasteiger partial charge < -0.3 is 14.6 Å². The molecule has 122 valence electrons. The molecule has 1 aromatic carbocycles. The van der Waals surface area contributed by atoms with Crippen LogP contribution in [0.2, 0.25) is 0 Å². The zero-order valence-corrected chi connectivity index (χ0v) is 12.0. The van der Waals surface area contributed by atoms with Gasteiger partial charge in [0.05, 0.1) is 0 Å². The predicted octanol–water partition coefficient (Wildman–Crippen LogP) is 1.91. The van der Waals surface area contributed by atoms with Gasteiger partial charge in [-0.05, 0) is 23.1 Å². The highest BCUT2D eigenvalue weighted by atomic mass is 19.3. The van der Waals surface area contributed by atoms with Crippen LogP contribution in [-0.2, 0) is 15.0 Å². The van der Waals surface area contributed by atoms with Crippen LogP contribution in [-0.4, -0.2) is 23.8 Å². The van der Waals surface area contributed by atoms with Crippen LogP contribution >= 0.6 is 0 Å². The number of halogens is 4. The van der Waals surface area contributed by atoms with Gasteiger partial charge in [-0.1, -0.05) is 32.9 Å². The Morgan fingerprint density at radius 3 is 1.77 bits per heavy atom. The zero-order valence-electron chi connectivity index (χ0n) is 12.0. The van der Waals surface area contributed by atoms with Crippen LogP contribution in [0.25, 0.3) is 0 Å². The molecule has 1 rings (SSSR count). The summed E-state index contributed by atoms with van der Waals surface area (Å²) < 4.78 is 56.0. The summed E-state index contributed by atoms with van der Waals surface area (Å²) in [4.78, 5) is 21.2. The van der Waals surface area contributed by atoms with Crippen molar-refractivity contribution >= 4 is 11.9 Å². The van der Waals surface area contributed by atoms with E-state index in [-0.39, 0.29) is 5.41 Å². The Morgan fingerprint density at radius 2 is 1.41 bits per heavy atom. The van der Waals surface area contributed by atoms with Crippen LogP contribution in [0.1, 0.15) is 26.3 Å². The van der Waals surface area contributed by atoms with Gasteiger partial charge in [-0.3, -0.25) is 0 Å². The highest BCUT2D eigenvalue weighted by Crippen LogP contribution is 2.35. The third-order valence-electron chi connectivity index (χ3n) is 2.84. The van der Waals surface area contributed by atoms with Gasteiger partial charge >= 0.3 is 17.8 Å². The first-order valence-corrected chi connectivity index (χ1v) is 6.10. The molecule has 0 fully saturated rings. The van der Waals surface area contributed by atoms with Crippen LogP contribution in [0.5, 0.6) is 5.75 Å². The SMILES string of the molecule is CC(C)(C)c1ccc(OC(=O)C(F)(F)C(F)(F)C(=O)[O-])cc1. The summed E-state index contributed by atoms with van der Waals surface area (Å²) in [6.07, 6.45) is 0. The van der Waals surface area contributed by atoms with Gasteiger partial charge in [-0.2, -0.15) is 17.6 Å². The average Bonchev–Trinajstić information content (AvgIpc) is 2.37. The average molecular weight is 321 g/mol. The monoisotopic (exact) mass is 321 g/mol. The van der Waals surface area contributed by atoms with E-state index in [0.29, 0.717) is 0 Å². The summed E-state index contributed by atoms with van der Waals surface area (Å²) >= 11 is 0. The molecule has 0 aliphatic carbocycles. The molecular formula is C14H13F4O4-. The molecule has 0 radical (unpaired) electrons. The van der Waals surface area contributed by atoms with Gasteiger partial charge in [0.2, 0.25) is 0 Å². The topological polar surface area (TPSA) is 66.4 Å². The number of hydrogen-bond donors (Lipinski definition) is 0. The summed E-state index contributed by atoms with van der Waals surface area (Å²) in [6.45, 7) is 5.63. The van der Waals surface area contributed by atoms with Crippen molar-refractivity contribution in [1.29, 1.82) is 0 Å². The molecule has 0 atom stereocenters. The molecule has 0 aromatic heterocycles. The van der Waals surface area contributed by atoms with Gasteiger partial charge in [-0.25, -0.2) is 4.79 Å². The Balaban J connectivity index is 2.96. The molecule has 0 aliphatic rings. The zero-order chi connectivity index (χ0) is 17.3. The maximum Gasteiger partial charge on any atom is 0.410 e. The lowest BCUT2D eigenvalue weighted by Gasteiger charge is -2.25. The molecule has 0 saturated heterocycles. The second-order valence-corrected chi connectivity index (χ2v) is 5.60. The number of carbonyl (C=O) groups excluding carboxylic acids is 2. The second kappa shape index (κ2) is 5.58. The lowest BCUT2D eigenvalue weighted by atomic mass is 9.87. The van der Waals surface area contributed by atoms with E-state index in [4.69, 9.17) is 0 Å². The van der Waals surface area contributed by atoms with Crippen molar-refractivity contribution in [2.75, 3.05) is 0 Å². The van der Waals surface area contributed by atoms with Crippen molar-refractivity contribution in [2.45, 2.75) is 38.0 Å². The quantitative estimate of drug-likeness (QED) is 0.483. The summed E-state index contributed by atoms with van der Waals surface area (Å²) in [6, 6.07) is 5.23. The molecule has 0 heterocycles. The smallest absolute Gasteiger partial charge is 0.410 e. The first-order chi connectivity index (χ1) is 9.80. The summed E-state index contributed by atoms with van der Waals surface area (Å²) in [7, 11) is 0. The van der Waals surface area contributed by atoms with Crippen molar-refractivity contribution < 1.29 is 37.0 Å². The number of carbonyl (C=O) groups is 2. The lowest BCUT2D eigenvalue weighted by molar-refractivity contribution is -0.346. The van der Waals surface area contributed by atoms with Crippen LogP contribution in [0, 0.1) is 0 Å². The highest BCUT2D eigenvalue weighted by Gasteiger charge is 2.64. The van der Waals surface area contributed by atoms with E-state index >= 15 is 0 Å². The van der Waals surface area contributed by atoms with Crippen molar-refractivity contribution in [3.8, 4) is 5.75 Å². The molecule has 0 unspecified atom stereocenters. The largest absolute Gasteiger partial charge is 0.544 e. The standard InChI is InChI=1S/C14H14F4O4/c1-12(2,3)8-4-6-9(7-5-8)22-11(21)14(17,18)13(15,16)10(19)20/h4-7H,1-3H3,(H,19,20)/p-1.